The number of alkyl halides is 2. The summed E-state index contributed by atoms with van der Waals surface area (Å²) in [6.07, 6.45) is 0.609. The number of carbonyl (C=O) groups is 1. The van der Waals surface area contributed by atoms with Crippen molar-refractivity contribution in [1.82, 2.24) is 5.32 Å². The van der Waals surface area contributed by atoms with Crippen LogP contribution in [0.15, 0.2) is 0 Å². The average Bonchev–Trinajstić information content (AvgIpc) is 2.55. The molecule has 3 nitrogen and oxygen atoms in total. The van der Waals surface area contributed by atoms with Gasteiger partial charge in [0, 0.05) is 25.3 Å². The van der Waals surface area contributed by atoms with E-state index in [4.69, 9.17) is 5.73 Å². The molecule has 0 bridgehead atoms. The van der Waals surface area contributed by atoms with Crippen LogP contribution in [0.5, 0.6) is 0 Å². The quantitative estimate of drug-likeness (QED) is 0.781. The SMILES string of the molecule is CC(C)(CCN)CNC(=O)C1CCC(F)(F)C1. The van der Waals surface area contributed by atoms with E-state index in [0.717, 1.165) is 6.42 Å². The number of nitrogens with two attached hydrogens (primary N) is 1. The van der Waals surface area contributed by atoms with E-state index in [-0.39, 0.29) is 30.6 Å². The number of halogens is 2. The Morgan fingerprint density at radius 1 is 1.53 bits per heavy atom. The zero-order valence-electron chi connectivity index (χ0n) is 10.6. The zero-order chi connectivity index (χ0) is 13.1. The second-order valence-electron chi connectivity index (χ2n) is 5.72. The van der Waals surface area contributed by atoms with Gasteiger partial charge in [0.15, 0.2) is 0 Å². The molecule has 0 aromatic carbocycles. The van der Waals surface area contributed by atoms with Crippen LogP contribution in [0.1, 0.15) is 39.5 Å². The predicted octanol–water partition coefficient (Wildman–Crippen LogP) is 1.91. The molecule has 0 heterocycles. The molecule has 1 rings (SSSR count). The lowest BCUT2D eigenvalue weighted by molar-refractivity contribution is -0.126. The minimum atomic E-state index is -2.66. The number of rotatable bonds is 5. The van der Waals surface area contributed by atoms with E-state index in [1.165, 1.54) is 0 Å². The summed E-state index contributed by atoms with van der Waals surface area (Å²) in [5, 5.41) is 2.76. The van der Waals surface area contributed by atoms with Crippen LogP contribution in [-0.4, -0.2) is 24.9 Å². The Morgan fingerprint density at radius 2 is 2.18 bits per heavy atom. The first-order chi connectivity index (χ1) is 7.76. The van der Waals surface area contributed by atoms with Crippen LogP contribution in [0, 0.1) is 11.3 Å². The molecule has 0 spiro atoms. The van der Waals surface area contributed by atoms with E-state index in [2.05, 4.69) is 5.32 Å². The standard InChI is InChI=1S/C12H22F2N2O/c1-11(2,5-6-15)8-16-10(17)9-3-4-12(13,14)7-9/h9H,3-8,15H2,1-2H3,(H,16,17). The Labute approximate surface area is 101 Å². The van der Waals surface area contributed by atoms with Crippen LogP contribution in [0.4, 0.5) is 8.78 Å². The number of nitrogens with one attached hydrogen (secondary N) is 1. The maximum absolute atomic E-state index is 13.0. The van der Waals surface area contributed by atoms with Crippen LogP contribution < -0.4 is 11.1 Å². The summed E-state index contributed by atoms with van der Waals surface area (Å²) >= 11 is 0. The molecule has 1 atom stereocenters. The highest BCUT2D eigenvalue weighted by Crippen LogP contribution is 2.38. The summed E-state index contributed by atoms with van der Waals surface area (Å²) in [6, 6.07) is 0. The lowest BCUT2D eigenvalue weighted by Gasteiger charge is -2.25. The Bertz CT molecular complexity index is 280. The van der Waals surface area contributed by atoms with Gasteiger partial charge in [-0.2, -0.15) is 0 Å². The van der Waals surface area contributed by atoms with Crippen molar-refractivity contribution >= 4 is 5.91 Å². The molecule has 1 aliphatic rings. The van der Waals surface area contributed by atoms with Gasteiger partial charge in [0.25, 0.3) is 0 Å². The van der Waals surface area contributed by atoms with Crippen molar-refractivity contribution in [1.29, 1.82) is 0 Å². The molecule has 1 fully saturated rings. The van der Waals surface area contributed by atoms with Gasteiger partial charge >= 0.3 is 0 Å². The second-order valence-corrected chi connectivity index (χ2v) is 5.72. The van der Waals surface area contributed by atoms with Crippen molar-refractivity contribution in [2.24, 2.45) is 17.1 Å². The Morgan fingerprint density at radius 3 is 2.65 bits per heavy atom. The zero-order valence-corrected chi connectivity index (χ0v) is 10.6. The molecular formula is C12H22F2N2O. The first-order valence-electron chi connectivity index (χ1n) is 6.11. The Balaban J connectivity index is 2.36. The second kappa shape index (κ2) is 5.29. The van der Waals surface area contributed by atoms with Gasteiger partial charge in [-0.05, 0) is 24.8 Å². The van der Waals surface area contributed by atoms with Gasteiger partial charge in [-0.1, -0.05) is 13.8 Å². The molecule has 0 radical (unpaired) electrons. The van der Waals surface area contributed by atoms with Crippen LogP contribution in [0.3, 0.4) is 0 Å². The van der Waals surface area contributed by atoms with E-state index < -0.39 is 11.8 Å². The molecule has 17 heavy (non-hydrogen) atoms. The lowest BCUT2D eigenvalue weighted by atomic mass is 9.89. The summed E-state index contributed by atoms with van der Waals surface area (Å²) in [5.41, 5.74) is 5.39. The average molecular weight is 248 g/mol. The van der Waals surface area contributed by atoms with Crippen LogP contribution in [0.25, 0.3) is 0 Å². The van der Waals surface area contributed by atoms with Gasteiger partial charge in [-0.25, -0.2) is 8.78 Å². The van der Waals surface area contributed by atoms with Crippen molar-refractivity contribution in [2.75, 3.05) is 13.1 Å². The van der Waals surface area contributed by atoms with Crippen LogP contribution in [-0.2, 0) is 4.79 Å². The third kappa shape index (κ3) is 4.58. The maximum atomic E-state index is 13.0. The van der Waals surface area contributed by atoms with E-state index in [0.29, 0.717) is 13.1 Å². The van der Waals surface area contributed by atoms with Crippen molar-refractivity contribution in [2.45, 2.75) is 45.5 Å². The fourth-order valence-corrected chi connectivity index (χ4v) is 2.12. The third-order valence-corrected chi connectivity index (χ3v) is 3.34. The first kappa shape index (κ1) is 14.4. The molecule has 1 amide bonds. The monoisotopic (exact) mass is 248 g/mol. The van der Waals surface area contributed by atoms with Crippen LogP contribution >= 0.6 is 0 Å². The molecule has 1 saturated carbocycles. The molecule has 5 heteroatoms. The highest BCUT2D eigenvalue weighted by atomic mass is 19.3. The smallest absolute Gasteiger partial charge is 0.248 e. The molecule has 0 aliphatic heterocycles. The predicted molar refractivity (Wildman–Crippen MR) is 62.8 cm³/mol. The fraction of sp³-hybridized carbons (Fsp3) is 0.917. The van der Waals surface area contributed by atoms with E-state index in [1.54, 1.807) is 0 Å². The number of hydrogen-bond acceptors (Lipinski definition) is 2. The van der Waals surface area contributed by atoms with Gasteiger partial charge < -0.3 is 11.1 Å². The summed E-state index contributed by atoms with van der Waals surface area (Å²) in [7, 11) is 0. The molecule has 0 aromatic rings. The summed E-state index contributed by atoms with van der Waals surface area (Å²) in [5.74, 6) is -3.43. The van der Waals surface area contributed by atoms with E-state index in [1.807, 2.05) is 13.8 Å². The Kier molecular flexibility index (Phi) is 4.47. The summed E-state index contributed by atoms with van der Waals surface area (Å²) in [6.45, 7) is 5.06. The highest BCUT2D eigenvalue weighted by molar-refractivity contribution is 5.79. The normalized spacial score (nSPS) is 23.7. The van der Waals surface area contributed by atoms with Gasteiger partial charge in [0.2, 0.25) is 11.8 Å². The van der Waals surface area contributed by atoms with Gasteiger partial charge in [0.1, 0.15) is 0 Å². The molecule has 1 aliphatic carbocycles. The molecule has 3 N–H and O–H groups in total. The molecule has 0 saturated heterocycles. The minimum Gasteiger partial charge on any atom is -0.355 e. The van der Waals surface area contributed by atoms with Crippen molar-refractivity contribution in [3.63, 3.8) is 0 Å². The molecule has 100 valence electrons. The molecular weight excluding hydrogens is 226 g/mol. The number of hydrogen-bond donors (Lipinski definition) is 2. The van der Waals surface area contributed by atoms with E-state index in [9.17, 15) is 13.6 Å². The van der Waals surface area contributed by atoms with Crippen molar-refractivity contribution in [3.8, 4) is 0 Å². The first-order valence-corrected chi connectivity index (χ1v) is 6.11. The van der Waals surface area contributed by atoms with Gasteiger partial charge in [-0.3, -0.25) is 4.79 Å². The van der Waals surface area contributed by atoms with Gasteiger partial charge in [-0.15, -0.1) is 0 Å². The minimum absolute atomic E-state index is 0.0778. The summed E-state index contributed by atoms with van der Waals surface area (Å²) < 4.78 is 25.9. The molecule has 0 aromatic heterocycles. The van der Waals surface area contributed by atoms with E-state index >= 15 is 0 Å². The third-order valence-electron chi connectivity index (χ3n) is 3.34. The van der Waals surface area contributed by atoms with Crippen molar-refractivity contribution < 1.29 is 13.6 Å². The Hall–Kier alpha value is -0.710. The summed E-state index contributed by atoms with van der Waals surface area (Å²) in [4.78, 5) is 11.7. The number of carbonyl (C=O) groups excluding carboxylic acids is 1. The largest absolute Gasteiger partial charge is 0.355 e. The van der Waals surface area contributed by atoms with Crippen LogP contribution in [0.2, 0.25) is 0 Å². The molecule has 1 unspecified atom stereocenters. The lowest BCUT2D eigenvalue weighted by Crippen LogP contribution is -2.38. The van der Waals surface area contributed by atoms with Gasteiger partial charge in [0.05, 0.1) is 0 Å². The topological polar surface area (TPSA) is 55.1 Å². The highest BCUT2D eigenvalue weighted by Gasteiger charge is 2.42. The van der Waals surface area contributed by atoms with Crippen molar-refractivity contribution in [3.05, 3.63) is 0 Å². The fourth-order valence-electron chi connectivity index (χ4n) is 2.12. The number of amides is 1. The maximum Gasteiger partial charge on any atom is 0.248 e.